The van der Waals surface area contributed by atoms with Crippen molar-refractivity contribution in [2.45, 2.75) is 42.8 Å². The lowest BCUT2D eigenvalue weighted by atomic mass is 9.76. The van der Waals surface area contributed by atoms with Crippen LogP contribution < -0.4 is 5.32 Å². The number of alkyl halides is 3. The molecule has 1 aromatic rings. The highest BCUT2D eigenvalue weighted by atomic mass is 32.2. The molecule has 4 rings (SSSR count). The molecule has 33 heavy (non-hydrogen) atoms. The SMILES string of the molecule is CCCN1C[C@H]2C(=O)NC3(CCN(S(=O)(=O)c4ccccc4)CC3)[C@H]2C1.O=C(O)C(F)(F)F. The summed E-state index contributed by atoms with van der Waals surface area (Å²) in [5, 5.41) is 10.4. The maximum absolute atomic E-state index is 12.9. The van der Waals surface area contributed by atoms with E-state index in [0.717, 1.165) is 26.1 Å². The van der Waals surface area contributed by atoms with Crippen molar-refractivity contribution in [3.05, 3.63) is 30.3 Å². The van der Waals surface area contributed by atoms with Crippen LogP contribution in [0.5, 0.6) is 0 Å². The summed E-state index contributed by atoms with van der Waals surface area (Å²) in [6.07, 6.45) is -2.59. The van der Waals surface area contributed by atoms with Crippen molar-refractivity contribution in [2.24, 2.45) is 11.8 Å². The smallest absolute Gasteiger partial charge is 0.475 e. The van der Waals surface area contributed by atoms with E-state index in [-0.39, 0.29) is 17.4 Å². The van der Waals surface area contributed by atoms with Crippen LogP contribution in [-0.4, -0.2) is 79.0 Å². The van der Waals surface area contributed by atoms with Gasteiger partial charge in [-0.1, -0.05) is 25.1 Å². The number of piperidine rings is 1. The summed E-state index contributed by atoms with van der Waals surface area (Å²) in [6, 6.07) is 8.61. The number of carbonyl (C=O) groups excluding carboxylic acids is 1. The van der Waals surface area contributed by atoms with E-state index in [0.29, 0.717) is 36.7 Å². The van der Waals surface area contributed by atoms with Crippen LogP contribution in [0.15, 0.2) is 35.2 Å². The number of carbonyl (C=O) groups is 2. The molecular formula is C21H28F3N3O5S. The lowest BCUT2D eigenvalue weighted by molar-refractivity contribution is -0.192. The first-order valence-corrected chi connectivity index (χ1v) is 12.2. The number of benzene rings is 1. The highest BCUT2D eigenvalue weighted by Gasteiger charge is 2.57. The van der Waals surface area contributed by atoms with E-state index in [9.17, 15) is 26.4 Å². The number of carboxylic acid groups (broad SMARTS) is 1. The number of nitrogens with one attached hydrogen (secondary N) is 1. The number of carboxylic acids is 1. The van der Waals surface area contributed by atoms with Gasteiger partial charge in [-0.05, 0) is 37.9 Å². The van der Waals surface area contributed by atoms with Crippen LogP contribution in [-0.2, 0) is 19.6 Å². The van der Waals surface area contributed by atoms with Crippen molar-refractivity contribution >= 4 is 21.9 Å². The number of hydrogen-bond acceptors (Lipinski definition) is 5. The summed E-state index contributed by atoms with van der Waals surface area (Å²) in [5.74, 6) is -2.22. The average molecular weight is 492 g/mol. The number of hydrogen-bond donors (Lipinski definition) is 2. The molecule has 8 nitrogen and oxygen atoms in total. The summed E-state index contributed by atoms with van der Waals surface area (Å²) in [5.41, 5.74) is -0.229. The second-order valence-corrected chi connectivity index (χ2v) is 10.6. The summed E-state index contributed by atoms with van der Waals surface area (Å²) in [4.78, 5) is 24.1. The molecular weight excluding hydrogens is 463 g/mol. The highest BCUT2D eigenvalue weighted by Crippen LogP contribution is 2.44. The van der Waals surface area contributed by atoms with Gasteiger partial charge in [0.05, 0.1) is 10.8 Å². The molecule has 0 unspecified atom stereocenters. The van der Waals surface area contributed by atoms with Crippen molar-refractivity contribution < 1.29 is 36.3 Å². The second kappa shape index (κ2) is 9.59. The van der Waals surface area contributed by atoms with Gasteiger partial charge in [-0.25, -0.2) is 13.2 Å². The van der Waals surface area contributed by atoms with Gasteiger partial charge in [0.1, 0.15) is 0 Å². The third-order valence-electron chi connectivity index (χ3n) is 6.59. The van der Waals surface area contributed by atoms with Crippen molar-refractivity contribution in [2.75, 3.05) is 32.7 Å². The fraction of sp³-hybridized carbons (Fsp3) is 0.619. The molecule has 0 bridgehead atoms. The van der Waals surface area contributed by atoms with Gasteiger partial charge in [0, 0.05) is 37.6 Å². The number of nitrogens with zero attached hydrogens (tertiary/aromatic N) is 2. The molecule has 1 spiro atoms. The Labute approximate surface area is 190 Å². The lowest BCUT2D eigenvalue weighted by Gasteiger charge is -2.42. The van der Waals surface area contributed by atoms with Crippen molar-refractivity contribution in [1.82, 2.24) is 14.5 Å². The highest BCUT2D eigenvalue weighted by molar-refractivity contribution is 7.89. The molecule has 0 radical (unpaired) electrons. The first-order valence-electron chi connectivity index (χ1n) is 10.8. The molecule has 3 fully saturated rings. The first-order chi connectivity index (χ1) is 15.4. The van der Waals surface area contributed by atoms with E-state index in [4.69, 9.17) is 9.90 Å². The molecule has 184 valence electrons. The van der Waals surface area contributed by atoms with Gasteiger partial charge in [-0.3, -0.25) is 4.79 Å². The van der Waals surface area contributed by atoms with E-state index < -0.39 is 22.2 Å². The molecule has 0 aliphatic carbocycles. The molecule has 12 heteroatoms. The van der Waals surface area contributed by atoms with E-state index >= 15 is 0 Å². The minimum absolute atomic E-state index is 0.0684. The maximum Gasteiger partial charge on any atom is 0.490 e. The second-order valence-electron chi connectivity index (χ2n) is 8.64. The minimum atomic E-state index is -5.08. The predicted molar refractivity (Wildman–Crippen MR) is 113 cm³/mol. The van der Waals surface area contributed by atoms with Crippen LogP contribution in [0.1, 0.15) is 26.2 Å². The average Bonchev–Trinajstić information content (AvgIpc) is 3.29. The molecule has 2 atom stereocenters. The third kappa shape index (κ3) is 5.33. The molecule has 3 aliphatic heterocycles. The standard InChI is InChI=1S/C19H27N3O3S.C2HF3O2/c1-2-10-21-13-16-17(14-21)19(20-18(16)23)8-11-22(12-9-19)26(24,25)15-6-4-3-5-7-15;3-2(4,5)1(6)7/h3-7,16-17H,2,8-14H2,1H3,(H,20,23);(H,6,7)/t16-,17+;/m1./s1. The number of amides is 1. The Morgan fingerprint density at radius 2 is 1.76 bits per heavy atom. The first kappa shape index (κ1) is 25.4. The number of fused-ring (bicyclic) bond motifs is 2. The number of aliphatic carboxylic acids is 1. The van der Waals surface area contributed by atoms with Gasteiger partial charge in [0.2, 0.25) is 15.9 Å². The summed E-state index contributed by atoms with van der Waals surface area (Å²) < 4.78 is 59.0. The largest absolute Gasteiger partial charge is 0.490 e. The predicted octanol–water partition coefficient (Wildman–Crippen LogP) is 1.93. The van der Waals surface area contributed by atoms with Crippen LogP contribution in [0.3, 0.4) is 0 Å². The normalized spacial score (nSPS) is 25.3. The van der Waals surface area contributed by atoms with Gasteiger partial charge in [-0.15, -0.1) is 0 Å². The Balaban J connectivity index is 0.000000383. The van der Waals surface area contributed by atoms with Crippen LogP contribution in [0.25, 0.3) is 0 Å². The van der Waals surface area contributed by atoms with E-state index in [2.05, 4.69) is 17.1 Å². The van der Waals surface area contributed by atoms with Crippen molar-refractivity contribution in [3.8, 4) is 0 Å². The molecule has 0 saturated carbocycles. The Kier molecular flexibility index (Phi) is 7.39. The Morgan fingerprint density at radius 3 is 2.27 bits per heavy atom. The van der Waals surface area contributed by atoms with Gasteiger partial charge in [0.25, 0.3) is 0 Å². The van der Waals surface area contributed by atoms with Gasteiger partial charge in [-0.2, -0.15) is 17.5 Å². The lowest BCUT2D eigenvalue weighted by Crippen LogP contribution is -2.56. The number of sulfonamides is 1. The Hall–Kier alpha value is -2.18. The molecule has 2 N–H and O–H groups in total. The monoisotopic (exact) mass is 491 g/mol. The zero-order valence-electron chi connectivity index (χ0n) is 18.2. The summed E-state index contributed by atoms with van der Waals surface area (Å²) >= 11 is 0. The fourth-order valence-corrected chi connectivity index (χ4v) is 6.47. The van der Waals surface area contributed by atoms with Gasteiger partial charge in [0.15, 0.2) is 0 Å². The summed E-state index contributed by atoms with van der Waals surface area (Å²) in [6.45, 7) is 5.92. The zero-order chi connectivity index (χ0) is 24.4. The molecule has 0 aromatic heterocycles. The molecule has 1 aromatic carbocycles. The topological polar surface area (TPSA) is 107 Å². The van der Waals surface area contributed by atoms with Crippen LogP contribution in [0.2, 0.25) is 0 Å². The van der Waals surface area contributed by atoms with E-state index in [1.807, 2.05) is 6.07 Å². The molecule has 3 aliphatic rings. The Morgan fingerprint density at radius 1 is 1.18 bits per heavy atom. The quantitative estimate of drug-likeness (QED) is 0.667. The van der Waals surface area contributed by atoms with E-state index in [1.54, 1.807) is 28.6 Å². The fourth-order valence-electron chi connectivity index (χ4n) is 5.00. The zero-order valence-corrected chi connectivity index (χ0v) is 19.0. The Bertz CT molecular complexity index is 963. The van der Waals surface area contributed by atoms with Gasteiger partial charge >= 0.3 is 12.1 Å². The number of halogens is 3. The van der Waals surface area contributed by atoms with Crippen LogP contribution in [0, 0.1) is 11.8 Å². The number of likely N-dealkylation sites (tertiary alicyclic amines) is 1. The van der Waals surface area contributed by atoms with Crippen molar-refractivity contribution in [3.63, 3.8) is 0 Å². The third-order valence-corrected chi connectivity index (χ3v) is 8.51. The maximum atomic E-state index is 12.9. The van der Waals surface area contributed by atoms with Crippen LogP contribution >= 0.6 is 0 Å². The number of rotatable bonds is 4. The molecule has 3 heterocycles. The van der Waals surface area contributed by atoms with E-state index in [1.165, 1.54) is 0 Å². The summed E-state index contributed by atoms with van der Waals surface area (Å²) in [7, 11) is -3.45. The molecule has 3 saturated heterocycles. The molecule has 1 amide bonds. The minimum Gasteiger partial charge on any atom is -0.475 e. The van der Waals surface area contributed by atoms with Crippen LogP contribution in [0.4, 0.5) is 13.2 Å². The van der Waals surface area contributed by atoms with Crippen molar-refractivity contribution in [1.29, 1.82) is 0 Å². The van der Waals surface area contributed by atoms with Gasteiger partial charge < -0.3 is 15.3 Å².